The molecule has 1 atom stereocenters. The molecule has 0 spiro atoms. The van der Waals surface area contributed by atoms with Crippen LogP contribution >= 0.6 is 0 Å². The van der Waals surface area contributed by atoms with Gasteiger partial charge in [0, 0.05) is 6.54 Å². The number of rotatable bonds is 1. The second-order valence-corrected chi connectivity index (χ2v) is 5.11. The Kier molecular flexibility index (Phi) is 3.37. The molecular formula is C16H14F3NO. The molecule has 0 bridgehead atoms. The average molecular weight is 293 g/mol. The van der Waals surface area contributed by atoms with Crippen LogP contribution in [0.5, 0.6) is 5.75 Å². The zero-order valence-electron chi connectivity index (χ0n) is 11.1. The molecule has 5 heteroatoms. The molecule has 2 aromatic carbocycles. The molecule has 1 unspecified atom stereocenters. The van der Waals surface area contributed by atoms with E-state index >= 15 is 0 Å². The summed E-state index contributed by atoms with van der Waals surface area (Å²) in [5.74, 6) is 0.138. The fourth-order valence-electron chi connectivity index (χ4n) is 2.84. The first-order valence-corrected chi connectivity index (χ1v) is 6.68. The number of benzene rings is 2. The lowest BCUT2D eigenvalue weighted by Crippen LogP contribution is -2.32. The number of alkyl halides is 3. The van der Waals surface area contributed by atoms with Crippen molar-refractivity contribution in [3.63, 3.8) is 0 Å². The number of hydrogen-bond donors (Lipinski definition) is 2. The van der Waals surface area contributed by atoms with Gasteiger partial charge in [-0.2, -0.15) is 13.2 Å². The van der Waals surface area contributed by atoms with Crippen molar-refractivity contribution in [1.82, 2.24) is 5.32 Å². The van der Waals surface area contributed by atoms with Crippen LogP contribution in [0.3, 0.4) is 0 Å². The maximum atomic E-state index is 13.2. The van der Waals surface area contributed by atoms with Crippen molar-refractivity contribution in [1.29, 1.82) is 0 Å². The minimum absolute atomic E-state index is 0.138. The lowest BCUT2D eigenvalue weighted by Gasteiger charge is -2.29. The molecule has 0 aromatic heterocycles. The van der Waals surface area contributed by atoms with E-state index in [4.69, 9.17) is 0 Å². The zero-order chi connectivity index (χ0) is 15.0. The summed E-state index contributed by atoms with van der Waals surface area (Å²) in [7, 11) is 0. The summed E-state index contributed by atoms with van der Waals surface area (Å²) in [6.07, 6.45) is -3.69. The molecule has 0 saturated heterocycles. The summed E-state index contributed by atoms with van der Waals surface area (Å²) >= 11 is 0. The van der Waals surface area contributed by atoms with E-state index in [9.17, 15) is 18.3 Å². The molecule has 0 fully saturated rings. The zero-order valence-corrected chi connectivity index (χ0v) is 11.1. The Labute approximate surface area is 120 Å². The minimum atomic E-state index is -4.38. The highest BCUT2D eigenvalue weighted by atomic mass is 19.4. The summed E-state index contributed by atoms with van der Waals surface area (Å²) in [4.78, 5) is 0. The van der Waals surface area contributed by atoms with E-state index in [-0.39, 0.29) is 11.3 Å². The van der Waals surface area contributed by atoms with Crippen LogP contribution in [0.2, 0.25) is 0 Å². The third kappa shape index (κ3) is 2.61. The Balaban J connectivity index is 2.12. The van der Waals surface area contributed by atoms with Crippen molar-refractivity contribution in [2.24, 2.45) is 0 Å². The first kappa shape index (κ1) is 13.9. The number of halogens is 3. The largest absolute Gasteiger partial charge is 0.508 e. The van der Waals surface area contributed by atoms with Crippen molar-refractivity contribution in [3.8, 4) is 5.75 Å². The number of phenols is 1. The monoisotopic (exact) mass is 293 g/mol. The number of aromatic hydroxyl groups is 1. The number of phenolic OH excluding ortho intramolecular Hbond substituents is 1. The van der Waals surface area contributed by atoms with E-state index in [1.54, 1.807) is 18.2 Å². The molecule has 0 radical (unpaired) electrons. The highest BCUT2D eigenvalue weighted by Crippen LogP contribution is 2.38. The van der Waals surface area contributed by atoms with Crippen molar-refractivity contribution in [2.45, 2.75) is 18.6 Å². The van der Waals surface area contributed by atoms with Gasteiger partial charge in [0.15, 0.2) is 0 Å². The van der Waals surface area contributed by atoms with E-state index in [0.29, 0.717) is 13.0 Å². The molecule has 0 saturated carbocycles. The standard InChI is InChI=1S/C16H14F3NO/c17-16(18,19)14-4-2-1-3-13(14)15-12-6-5-11(21)9-10(12)7-8-20-15/h1-6,9,15,20-21H,7-8H2. The second kappa shape index (κ2) is 5.07. The van der Waals surface area contributed by atoms with Gasteiger partial charge in [-0.25, -0.2) is 0 Å². The fourth-order valence-corrected chi connectivity index (χ4v) is 2.84. The fraction of sp³-hybridized carbons (Fsp3) is 0.250. The molecule has 0 aliphatic carbocycles. The maximum absolute atomic E-state index is 13.2. The predicted molar refractivity (Wildman–Crippen MR) is 73.1 cm³/mol. The second-order valence-electron chi connectivity index (χ2n) is 5.11. The van der Waals surface area contributed by atoms with Crippen molar-refractivity contribution < 1.29 is 18.3 Å². The molecule has 2 N–H and O–H groups in total. The smallest absolute Gasteiger partial charge is 0.416 e. The molecule has 1 aliphatic rings. The normalized spacial score (nSPS) is 18.3. The van der Waals surface area contributed by atoms with Crippen LogP contribution in [0.25, 0.3) is 0 Å². The summed E-state index contributed by atoms with van der Waals surface area (Å²) in [5.41, 5.74) is 1.27. The van der Waals surface area contributed by atoms with Crippen LogP contribution < -0.4 is 5.32 Å². The van der Waals surface area contributed by atoms with Crippen LogP contribution in [0, 0.1) is 0 Å². The van der Waals surface area contributed by atoms with Gasteiger partial charge >= 0.3 is 6.18 Å². The first-order chi connectivity index (χ1) is 9.97. The summed E-state index contributed by atoms with van der Waals surface area (Å²) in [6.45, 7) is 0.577. The number of fused-ring (bicyclic) bond motifs is 1. The van der Waals surface area contributed by atoms with Crippen molar-refractivity contribution >= 4 is 0 Å². The van der Waals surface area contributed by atoms with Gasteiger partial charge in [-0.3, -0.25) is 0 Å². The molecular weight excluding hydrogens is 279 g/mol. The van der Waals surface area contributed by atoms with Gasteiger partial charge < -0.3 is 10.4 Å². The Morgan fingerprint density at radius 2 is 1.81 bits per heavy atom. The number of nitrogens with one attached hydrogen (secondary N) is 1. The van der Waals surface area contributed by atoms with Crippen molar-refractivity contribution in [3.05, 3.63) is 64.7 Å². The summed E-state index contributed by atoms with van der Waals surface area (Å²) in [6, 6.07) is 9.93. The molecule has 2 nitrogen and oxygen atoms in total. The Bertz CT molecular complexity index is 667. The Morgan fingerprint density at radius 3 is 2.57 bits per heavy atom. The Hall–Kier alpha value is -2.01. The maximum Gasteiger partial charge on any atom is 0.416 e. The molecule has 0 amide bonds. The summed E-state index contributed by atoms with van der Waals surface area (Å²) in [5, 5.41) is 12.7. The van der Waals surface area contributed by atoms with Gasteiger partial charge in [0.25, 0.3) is 0 Å². The molecule has 1 aliphatic heterocycles. The predicted octanol–water partition coefficient (Wildman–Crippen LogP) is 3.65. The van der Waals surface area contributed by atoms with Crippen LogP contribution in [0.1, 0.15) is 28.3 Å². The van der Waals surface area contributed by atoms with E-state index < -0.39 is 17.8 Å². The van der Waals surface area contributed by atoms with Gasteiger partial charge in [-0.1, -0.05) is 24.3 Å². The SMILES string of the molecule is Oc1ccc2c(c1)CCNC2c1ccccc1C(F)(F)F. The van der Waals surface area contributed by atoms with Gasteiger partial charge in [0.05, 0.1) is 11.6 Å². The third-order valence-corrected chi connectivity index (χ3v) is 3.76. The topological polar surface area (TPSA) is 32.3 Å². The van der Waals surface area contributed by atoms with Gasteiger partial charge in [0.2, 0.25) is 0 Å². The van der Waals surface area contributed by atoms with Gasteiger partial charge in [-0.05, 0) is 41.3 Å². The minimum Gasteiger partial charge on any atom is -0.508 e. The van der Waals surface area contributed by atoms with Gasteiger partial charge in [-0.15, -0.1) is 0 Å². The third-order valence-electron chi connectivity index (χ3n) is 3.76. The van der Waals surface area contributed by atoms with Crippen LogP contribution in [0.4, 0.5) is 13.2 Å². The molecule has 3 rings (SSSR count). The van der Waals surface area contributed by atoms with Crippen LogP contribution in [-0.2, 0) is 12.6 Å². The highest BCUT2D eigenvalue weighted by Gasteiger charge is 2.36. The lowest BCUT2D eigenvalue weighted by molar-refractivity contribution is -0.138. The quantitative estimate of drug-likeness (QED) is 0.841. The van der Waals surface area contributed by atoms with E-state index in [0.717, 1.165) is 17.2 Å². The summed E-state index contributed by atoms with van der Waals surface area (Å²) < 4.78 is 39.5. The lowest BCUT2D eigenvalue weighted by atomic mass is 9.87. The van der Waals surface area contributed by atoms with Crippen LogP contribution in [0.15, 0.2) is 42.5 Å². The number of hydrogen-bond acceptors (Lipinski definition) is 2. The first-order valence-electron chi connectivity index (χ1n) is 6.68. The van der Waals surface area contributed by atoms with Crippen molar-refractivity contribution in [2.75, 3.05) is 6.54 Å². The molecule has 110 valence electrons. The van der Waals surface area contributed by atoms with Gasteiger partial charge in [0.1, 0.15) is 5.75 Å². The van der Waals surface area contributed by atoms with Crippen LogP contribution in [-0.4, -0.2) is 11.7 Å². The Morgan fingerprint density at radius 1 is 1.05 bits per heavy atom. The molecule has 1 heterocycles. The highest BCUT2D eigenvalue weighted by molar-refractivity contribution is 5.45. The molecule has 2 aromatic rings. The average Bonchev–Trinajstić information content (AvgIpc) is 2.45. The van der Waals surface area contributed by atoms with E-state index in [1.807, 2.05) is 0 Å². The molecule has 21 heavy (non-hydrogen) atoms. The van der Waals surface area contributed by atoms with E-state index in [2.05, 4.69) is 5.32 Å². The van der Waals surface area contributed by atoms with E-state index in [1.165, 1.54) is 18.2 Å².